The first-order valence-corrected chi connectivity index (χ1v) is 10.7. The Hall–Kier alpha value is -3.51. The van der Waals surface area contributed by atoms with Gasteiger partial charge in [-0.1, -0.05) is 0 Å². The van der Waals surface area contributed by atoms with Crippen molar-refractivity contribution in [3.05, 3.63) is 46.2 Å². The number of imidazole rings is 1. The van der Waals surface area contributed by atoms with E-state index in [9.17, 15) is 10.1 Å². The molecular weight excluding hydrogens is 478 g/mol. The van der Waals surface area contributed by atoms with Crippen molar-refractivity contribution in [2.24, 2.45) is 0 Å². The highest BCUT2D eigenvalue weighted by molar-refractivity contribution is 9.10. The third-order valence-corrected chi connectivity index (χ3v) is 4.94. The number of nitrogens with zero attached hydrogens (tertiary/aromatic N) is 2. The lowest BCUT2D eigenvalue weighted by Crippen LogP contribution is -2.15. The van der Waals surface area contributed by atoms with E-state index in [1.54, 1.807) is 32.2 Å². The average molecular weight is 500 g/mol. The Morgan fingerprint density at radius 1 is 1.22 bits per heavy atom. The summed E-state index contributed by atoms with van der Waals surface area (Å²) in [4.78, 5) is 19.3. The lowest BCUT2D eigenvalue weighted by molar-refractivity contribution is -0.145. The van der Waals surface area contributed by atoms with Crippen LogP contribution in [0.25, 0.3) is 22.7 Å². The molecule has 1 aromatic heterocycles. The van der Waals surface area contributed by atoms with Crippen molar-refractivity contribution in [1.29, 1.82) is 5.26 Å². The quantitative estimate of drug-likeness (QED) is 0.334. The van der Waals surface area contributed by atoms with Gasteiger partial charge in [-0.15, -0.1) is 0 Å². The molecule has 0 saturated carbocycles. The van der Waals surface area contributed by atoms with Crippen LogP contribution >= 0.6 is 15.9 Å². The molecule has 8 nitrogen and oxygen atoms in total. The Bertz CT molecular complexity index is 1200. The molecule has 3 rings (SSSR count). The molecule has 0 bridgehead atoms. The number of hydrogen-bond donors (Lipinski definition) is 1. The fourth-order valence-electron chi connectivity index (χ4n) is 2.97. The molecule has 1 heterocycles. The van der Waals surface area contributed by atoms with Gasteiger partial charge in [0.15, 0.2) is 18.1 Å². The third-order valence-electron chi connectivity index (χ3n) is 4.35. The predicted molar refractivity (Wildman–Crippen MR) is 124 cm³/mol. The summed E-state index contributed by atoms with van der Waals surface area (Å²) in [7, 11) is 1.59. The number of H-pyrrole nitrogens is 1. The highest BCUT2D eigenvalue weighted by atomic mass is 79.9. The van der Waals surface area contributed by atoms with Crippen molar-refractivity contribution in [1.82, 2.24) is 9.97 Å². The number of carbonyl (C=O) groups is 1. The van der Waals surface area contributed by atoms with Gasteiger partial charge >= 0.3 is 5.97 Å². The number of aromatic nitrogens is 2. The zero-order valence-electron chi connectivity index (χ0n) is 17.9. The minimum atomic E-state index is -0.473. The largest absolute Gasteiger partial charge is 0.497 e. The number of aromatic amines is 1. The Kier molecular flexibility index (Phi) is 7.73. The van der Waals surface area contributed by atoms with Crippen LogP contribution in [-0.4, -0.2) is 42.9 Å². The predicted octanol–water partition coefficient (Wildman–Crippen LogP) is 4.74. The Morgan fingerprint density at radius 2 is 2.03 bits per heavy atom. The summed E-state index contributed by atoms with van der Waals surface area (Å²) in [5.74, 6) is 1.47. The molecule has 0 fully saturated rings. The molecule has 0 aliphatic heterocycles. The van der Waals surface area contributed by atoms with Gasteiger partial charge in [0.2, 0.25) is 0 Å². The number of hydrogen-bond acceptors (Lipinski definition) is 7. The van der Waals surface area contributed by atoms with E-state index in [-0.39, 0.29) is 13.2 Å². The zero-order chi connectivity index (χ0) is 23.1. The molecule has 0 aliphatic rings. The maximum Gasteiger partial charge on any atom is 0.344 e. The lowest BCUT2D eigenvalue weighted by atomic mass is 10.1. The van der Waals surface area contributed by atoms with Crippen molar-refractivity contribution in [3.8, 4) is 23.3 Å². The number of nitrogens with one attached hydrogen (secondary N) is 1. The van der Waals surface area contributed by atoms with Gasteiger partial charge in [0.25, 0.3) is 0 Å². The number of esters is 1. The number of ether oxygens (including phenoxy) is 4. The van der Waals surface area contributed by atoms with Crippen LogP contribution in [0.15, 0.2) is 34.8 Å². The Labute approximate surface area is 193 Å². The molecule has 0 radical (unpaired) electrons. The van der Waals surface area contributed by atoms with Crippen LogP contribution in [-0.2, 0) is 9.53 Å². The number of allylic oxidation sites excluding steroid dienone is 1. The van der Waals surface area contributed by atoms with E-state index in [0.29, 0.717) is 45.3 Å². The van der Waals surface area contributed by atoms with E-state index in [0.717, 1.165) is 11.0 Å². The molecule has 0 atom stereocenters. The topological polar surface area (TPSA) is 106 Å². The van der Waals surface area contributed by atoms with Crippen LogP contribution in [0.5, 0.6) is 17.2 Å². The monoisotopic (exact) mass is 499 g/mol. The minimum absolute atomic E-state index is 0.242. The summed E-state index contributed by atoms with van der Waals surface area (Å²) >= 11 is 3.46. The first kappa shape index (κ1) is 23.2. The molecule has 0 aliphatic carbocycles. The summed E-state index contributed by atoms with van der Waals surface area (Å²) in [6, 6.07) is 11.1. The number of nitriles is 1. The number of halogens is 1. The second-order valence-electron chi connectivity index (χ2n) is 6.50. The van der Waals surface area contributed by atoms with Crippen molar-refractivity contribution < 1.29 is 23.7 Å². The van der Waals surface area contributed by atoms with Crippen LogP contribution in [0.3, 0.4) is 0 Å². The van der Waals surface area contributed by atoms with Gasteiger partial charge in [-0.05, 0) is 65.7 Å². The fraction of sp³-hybridized carbons (Fsp3) is 0.261. The summed E-state index contributed by atoms with van der Waals surface area (Å²) in [6.45, 7) is 4.00. The molecular formula is C23H22BrN3O5. The smallest absolute Gasteiger partial charge is 0.344 e. The van der Waals surface area contributed by atoms with Gasteiger partial charge in [0, 0.05) is 6.07 Å². The summed E-state index contributed by atoms with van der Waals surface area (Å²) in [6.07, 6.45) is 1.69. The van der Waals surface area contributed by atoms with Gasteiger partial charge in [-0.25, -0.2) is 9.78 Å². The molecule has 3 aromatic rings. The molecule has 32 heavy (non-hydrogen) atoms. The van der Waals surface area contributed by atoms with E-state index in [1.807, 2.05) is 25.1 Å². The second-order valence-corrected chi connectivity index (χ2v) is 7.35. The molecule has 0 unspecified atom stereocenters. The first-order valence-electron chi connectivity index (χ1n) is 9.89. The molecule has 166 valence electrons. The fourth-order valence-corrected chi connectivity index (χ4v) is 3.55. The van der Waals surface area contributed by atoms with E-state index in [2.05, 4.69) is 32.0 Å². The summed E-state index contributed by atoms with van der Waals surface area (Å²) in [5.41, 5.74) is 2.52. The van der Waals surface area contributed by atoms with E-state index >= 15 is 0 Å². The summed E-state index contributed by atoms with van der Waals surface area (Å²) in [5, 5.41) is 9.74. The van der Waals surface area contributed by atoms with Gasteiger partial charge in [0.1, 0.15) is 17.6 Å². The highest BCUT2D eigenvalue weighted by Crippen LogP contribution is 2.38. The van der Waals surface area contributed by atoms with E-state index in [1.165, 1.54) is 0 Å². The SMILES string of the molecule is CCOC(=O)COc1c(Br)cc(/C=C(/C#N)c2nc3ccc(OC)cc3[nH]2)cc1OCC. The molecule has 1 N–H and O–H groups in total. The van der Waals surface area contributed by atoms with Crippen LogP contribution in [0, 0.1) is 11.3 Å². The van der Waals surface area contributed by atoms with Crippen molar-refractivity contribution >= 4 is 44.6 Å². The minimum Gasteiger partial charge on any atom is -0.497 e. The van der Waals surface area contributed by atoms with Crippen molar-refractivity contribution in [2.45, 2.75) is 13.8 Å². The number of methoxy groups -OCH3 is 1. The van der Waals surface area contributed by atoms with Crippen molar-refractivity contribution in [2.75, 3.05) is 26.9 Å². The van der Waals surface area contributed by atoms with Crippen LogP contribution in [0.2, 0.25) is 0 Å². The van der Waals surface area contributed by atoms with Crippen LogP contribution in [0.4, 0.5) is 0 Å². The second kappa shape index (κ2) is 10.7. The Balaban J connectivity index is 1.95. The van der Waals surface area contributed by atoms with E-state index < -0.39 is 5.97 Å². The van der Waals surface area contributed by atoms with Gasteiger partial charge in [-0.2, -0.15) is 5.26 Å². The highest BCUT2D eigenvalue weighted by Gasteiger charge is 2.15. The molecule has 9 heteroatoms. The molecule has 0 saturated heterocycles. The lowest BCUT2D eigenvalue weighted by Gasteiger charge is -2.14. The zero-order valence-corrected chi connectivity index (χ0v) is 19.5. The third kappa shape index (κ3) is 5.39. The molecule has 0 spiro atoms. The number of carbonyl (C=O) groups excluding carboxylic acids is 1. The number of rotatable bonds is 9. The number of benzene rings is 2. The summed E-state index contributed by atoms with van der Waals surface area (Å²) < 4.78 is 22.0. The first-order chi connectivity index (χ1) is 15.5. The normalized spacial score (nSPS) is 11.2. The van der Waals surface area contributed by atoms with Crippen molar-refractivity contribution in [3.63, 3.8) is 0 Å². The van der Waals surface area contributed by atoms with Gasteiger partial charge in [-0.3, -0.25) is 0 Å². The maximum atomic E-state index is 11.7. The molecule has 0 amide bonds. The van der Waals surface area contributed by atoms with Crippen LogP contribution in [0.1, 0.15) is 25.2 Å². The van der Waals surface area contributed by atoms with Crippen LogP contribution < -0.4 is 14.2 Å². The van der Waals surface area contributed by atoms with Gasteiger partial charge < -0.3 is 23.9 Å². The standard InChI is InChI=1S/C23H22BrN3O5/c1-4-30-20-10-14(9-17(24)22(20)32-13-21(28)31-5-2)8-15(12-25)23-26-18-7-6-16(29-3)11-19(18)27-23/h6-11H,4-5,13H2,1-3H3,(H,26,27)/b15-8-. The van der Waals surface area contributed by atoms with Gasteiger partial charge in [0.05, 0.1) is 41.4 Å². The Morgan fingerprint density at radius 3 is 2.72 bits per heavy atom. The van der Waals surface area contributed by atoms with E-state index in [4.69, 9.17) is 18.9 Å². The maximum absolute atomic E-state index is 11.7. The molecule has 2 aromatic carbocycles. The number of fused-ring (bicyclic) bond motifs is 1. The average Bonchev–Trinajstić information content (AvgIpc) is 3.20.